The van der Waals surface area contributed by atoms with Crippen LogP contribution in [0.5, 0.6) is 23.0 Å². The molecular formula is C42H40Cu2N10O4Zn. The minimum absolute atomic E-state index is 0. The zero-order chi connectivity index (χ0) is 41.6. The molecule has 4 aromatic rings. The Labute approximate surface area is 379 Å². The molecule has 2 radical (unpaired) electrons. The monoisotopic (exact) mass is 938 g/mol. The molecule has 14 nitrogen and oxygen atoms in total. The molecule has 0 aliphatic heterocycles. The molecule has 0 spiro atoms. The molecular weight excluding hydrogens is 901 g/mol. The normalized spacial score (nSPS) is 10.3. The van der Waals surface area contributed by atoms with E-state index in [2.05, 4.69) is 30.0 Å². The quantitative estimate of drug-likeness (QED) is 0.0766. The smallest absolute Gasteiger partial charge is 0.872 e. The Balaban J connectivity index is -0.000000830. The first-order chi connectivity index (χ1) is 27.0. The summed E-state index contributed by atoms with van der Waals surface area (Å²) in [5.74, 6) is -0.0197. The van der Waals surface area contributed by atoms with Gasteiger partial charge in [-0.2, -0.15) is 10.5 Å². The fraction of sp³-hybridized carbons (Fsp3) is 0.238. The van der Waals surface area contributed by atoms with Crippen molar-refractivity contribution in [2.45, 2.75) is 40.5 Å². The fourth-order valence-electron chi connectivity index (χ4n) is 4.58. The van der Waals surface area contributed by atoms with E-state index in [1.807, 2.05) is 52.0 Å². The Bertz CT molecular complexity index is 1890. The molecule has 4 rings (SSSR count). The van der Waals surface area contributed by atoms with E-state index in [9.17, 15) is 20.4 Å². The van der Waals surface area contributed by atoms with E-state index >= 15 is 0 Å². The summed E-state index contributed by atoms with van der Waals surface area (Å²) in [7, 11) is 0. The number of aliphatic imine (C=N–C) groups is 6. The number of nitrogens with zero attached hydrogens (tertiary/aromatic N) is 10. The van der Waals surface area contributed by atoms with Crippen molar-refractivity contribution in [3.63, 3.8) is 0 Å². The third kappa shape index (κ3) is 23.9. The molecule has 17 heteroatoms. The van der Waals surface area contributed by atoms with Crippen molar-refractivity contribution in [1.29, 1.82) is 10.5 Å². The second-order valence-corrected chi connectivity index (χ2v) is 11.2. The molecule has 0 aliphatic carbocycles. The standard InChI is InChI=1S/2C19H22N2O2.2C2N3.2Cu.Zn/c2*1-14(16-8-3-5-10-18(16)22)20-12-7-13-21-15(2)17-9-4-6-11-19(17)23;2*3-1-5-2-4;;;/h2*3-6,8-11,22-23H,7,12-13H2,1-2H3;;;;;/q;;2*-1;3*+2/p-4. The SMILES string of the molecule is CC(=NCCCN=C(C)c1ccccc1[O-])c1ccccc1[O-].CC(=NCCCN=C(C)c1ccccc1[O-])c1ccccc1[O-].N#CN=C=[N-].N#CN=C=[N-].[Cu+2].[Cu+2].[Zn+2]. The van der Waals surface area contributed by atoms with Gasteiger partial charge in [0, 0.05) is 49.0 Å². The van der Waals surface area contributed by atoms with Crippen molar-refractivity contribution >= 4 is 34.9 Å². The van der Waals surface area contributed by atoms with Crippen LogP contribution in [-0.2, 0) is 53.6 Å². The maximum Gasteiger partial charge on any atom is 2.00 e. The number of rotatable bonds is 12. The summed E-state index contributed by atoms with van der Waals surface area (Å²) < 4.78 is 0. The summed E-state index contributed by atoms with van der Waals surface area (Å²) in [6.07, 6.45) is 4.11. The van der Waals surface area contributed by atoms with Gasteiger partial charge in [0.15, 0.2) is 0 Å². The molecule has 0 aromatic heterocycles. The molecule has 0 fully saturated rings. The molecule has 0 atom stereocenters. The zero-order valence-electron chi connectivity index (χ0n) is 32.9. The van der Waals surface area contributed by atoms with Crippen LogP contribution in [-0.4, -0.2) is 61.0 Å². The van der Waals surface area contributed by atoms with E-state index < -0.39 is 0 Å². The predicted octanol–water partition coefficient (Wildman–Crippen LogP) is 5.50. The third-order valence-electron chi connectivity index (χ3n) is 7.34. The van der Waals surface area contributed by atoms with Crippen molar-refractivity contribution in [2.75, 3.05) is 26.2 Å². The minimum Gasteiger partial charge on any atom is -0.872 e. The van der Waals surface area contributed by atoms with Gasteiger partial charge in [-0.1, -0.05) is 120 Å². The number of hydrogen-bond donors (Lipinski definition) is 0. The summed E-state index contributed by atoms with van der Waals surface area (Å²) in [6, 6.07) is 30.1. The van der Waals surface area contributed by atoms with Crippen molar-refractivity contribution in [3.05, 3.63) is 130 Å². The molecule has 59 heavy (non-hydrogen) atoms. The van der Waals surface area contributed by atoms with Gasteiger partial charge in [0.05, 0.1) is 12.4 Å². The minimum atomic E-state index is -0.00494. The summed E-state index contributed by atoms with van der Waals surface area (Å²) >= 11 is 0. The van der Waals surface area contributed by atoms with Gasteiger partial charge in [-0.05, 0) is 62.8 Å². The van der Waals surface area contributed by atoms with E-state index in [-0.39, 0.29) is 76.6 Å². The molecule has 0 saturated heterocycles. The van der Waals surface area contributed by atoms with E-state index in [0.717, 1.165) is 35.7 Å². The molecule has 0 heterocycles. The Hall–Kier alpha value is -5.84. The van der Waals surface area contributed by atoms with Crippen LogP contribution < -0.4 is 20.4 Å². The van der Waals surface area contributed by atoms with Crippen LogP contribution in [0.4, 0.5) is 0 Å². The number of hydrogen-bond acceptors (Lipinski definition) is 12. The largest absolute Gasteiger partial charge is 2.00 e. The van der Waals surface area contributed by atoms with Crippen LogP contribution in [0.25, 0.3) is 10.8 Å². The van der Waals surface area contributed by atoms with Gasteiger partial charge >= 0.3 is 53.6 Å². The van der Waals surface area contributed by atoms with Gasteiger partial charge in [0.1, 0.15) is 0 Å². The fourth-order valence-corrected chi connectivity index (χ4v) is 4.58. The Morgan fingerprint density at radius 3 is 0.814 bits per heavy atom. The second-order valence-electron chi connectivity index (χ2n) is 11.2. The van der Waals surface area contributed by atoms with Gasteiger partial charge in [0.2, 0.25) is 0 Å². The zero-order valence-corrected chi connectivity index (χ0v) is 37.7. The summed E-state index contributed by atoms with van der Waals surface area (Å²) in [4.78, 5) is 22.9. The molecule has 0 bridgehead atoms. The van der Waals surface area contributed by atoms with Crippen molar-refractivity contribution in [1.82, 2.24) is 0 Å². The van der Waals surface area contributed by atoms with Crippen molar-refractivity contribution < 1.29 is 74.0 Å². The van der Waals surface area contributed by atoms with E-state index in [1.54, 1.807) is 72.8 Å². The second kappa shape index (κ2) is 35.3. The molecule has 0 saturated carbocycles. The maximum absolute atomic E-state index is 11.7. The molecule has 0 aliphatic rings. The van der Waals surface area contributed by atoms with Gasteiger partial charge in [-0.15, -0.1) is 12.0 Å². The van der Waals surface area contributed by atoms with Gasteiger partial charge < -0.3 is 41.2 Å². The average molecular weight is 941 g/mol. The van der Waals surface area contributed by atoms with Crippen LogP contribution in [0, 0.1) is 22.9 Å². The third-order valence-corrected chi connectivity index (χ3v) is 7.34. The van der Waals surface area contributed by atoms with E-state index in [0.29, 0.717) is 48.4 Å². The van der Waals surface area contributed by atoms with E-state index in [4.69, 9.17) is 21.3 Å². The maximum atomic E-state index is 11.7. The topological polar surface area (TPSA) is 259 Å². The first kappa shape index (κ1) is 57.5. The molecule has 4 aromatic carbocycles. The first-order valence-corrected chi connectivity index (χ1v) is 17.1. The Kier molecular flexibility index (Phi) is 34.4. The van der Waals surface area contributed by atoms with Crippen LogP contribution in [0.1, 0.15) is 62.8 Å². The number of nitriles is 2. The predicted molar refractivity (Wildman–Crippen MR) is 214 cm³/mol. The summed E-state index contributed by atoms with van der Waals surface area (Å²) in [6.45, 7) is 9.81. The van der Waals surface area contributed by atoms with Crippen LogP contribution in [0.3, 0.4) is 0 Å². The molecule has 306 valence electrons. The average Bonchev–Trinajstić information content (AvgIpc) is 3.19. The van der Waals surface area contributed by atoms with Gasteiger partial charge in [-0.25, -0.2) is 0 Å². The van der Waals surface area contributed by atoms with Gasteiger partial charge in [0.25, 0.3) is 0 Å². The molecule has 0 N–H and O–H groups in total. The van der Waals surface area contributed by atoms with Crippen LogP contribution >= 0.6 is 0 Å². The van der Waals surface area contributed by atoms with Crippen molar-refractivity contribution in [2.24, 2.45) is 30.0 Å². The van der Waals surface area contributed by atoms with Crippen molar-refractivity contribution in [3.8, 4) is 35.4 Å². The van der Waals surface area contributed by atoms with Gasteiger partial charge in [-0.3, -0.25) is 20.0 Å². The first-order valence-electron chi connectivity index (χ1n) is 17.1. The molecule has 0 unspecified atom stereocenters. The van der Waals surface area contributed by atoms with Crippen LogP contribution in [0.2, 0.25) is 0 Å². The Morgan fingerprint density at radius 2 is 0.661 bits per heavy atom. The van der Waals surface area contributed by atoms with Crippen LogP contribution in [0.15, 0.2) is 127 Å². The number of para-hydroxylation sites is 4. The van der Waals surface area contributed by atoms with E-state index in [1.165, 1.54) is 24.4 Å². The number of benzene rings is 4. The Morgan fingerprint density at radius 1 is 0.458 bits per heavy atom. The summed E-state index contributed by atoms with van der Waals surface area (Å²) in [5.41, 5.74) is 5.59. The molecule has 0 amide bonds. The summed E-state index contributed by atoms with van der Waals surface area (Å²) in [5, 5.41) is 76.5.